The molecule has 17 heavy (non-hydrogen) atoms. The van der Waals surface area contributed by atoms with Crippen molar-refractivity contribution < 1.29 is 5.11 Å². The van der Waals surface area contributed by atoms with Crippen LogP contribution in [0.4, 0.5) is 0 Å². The van der Waals surface area contributed by atoms with Gasteiger partial charge in [-0.15, -0.1) is 0 Å². The number of rotatable bonds is 4. The van der Waals surface area contributed by atoms with E-state index < -0.39 is 0 Å². The molecule has 0 spiro atoms. The largest absolute Gasteiger partial charge is 0.392 e. The number of aliphatic hydroxyl groups is 1. The van der Waals surface area contributed by atoms with Crippen LogP contribution in [0.1, 0.15) is 19.8 Å². The topological polar surface area (TPSA) is 38.7 Å². The highest BCUT2D eigenvalue weighted by atomic mass is 16.3. The van der Waals surface area contributed by atoms with Crippen LogP contribution in [0.5, 0.6) is 0 Å². The van der Waals surface area contributed by atoms with Gasteiger partial charge in [0.05, 0.1) is 6.10 Å². The second kappa shape index (κ2) is 5.65. The van der Waals surface area contributed by atoms with Crippen molar-refractivity contribution in [2.45, 2.75) is 38.0 Å². The second-order valence-corrected chi connectivity index (χ2v) is 5.90. The van der Waals surface area contributed by atoms with Crippen molar-refractivity contribution in [1.82, 2.24) is 15.1 Å². The number of nitrogens with one attached hydrogen (secondary N) is 1. The Bertz CT molecular complexity index is 247. The molecule has 4 heteroatoms. The molecule has 2 fully saturated rings. The fourth-order valence-corrected chi connectivity index (χ4v) is 3.45. The van der Waals surface area contributed by atoms with E-state index in [1.54, 1.807) is 0 Å². The molecule has 0 amide bonds. The first-order chi connectivity index (χ1) is 8.11. The predicted octanol–water partition coefficient (Wildman–Crippen LogP) is -0.0188. The number of nitrogens with zero attached hydrogens (tertiary/aromatic N) is 2. The zero-order valence-electron chi connectivity index (χ0n) is 11.4. The molecule has 0 saturated carbocycles. The number of likely N-dealkylation sites (N-methyl/N-ethyl adjacent to an activating group) is 1. The van der Waals surface area contributed by atoms with E-state index in [1.807, 2.05) is 0 Å². The van der Waals surface area contributed by atoms with Crippen LogP contribution >= 0.6 is 0 Å². The molecule has 100 valence electrons. The fourth-order valence-electron chi connectivity index (χ4n) is 3.45. The van der Waals surface area contributed by atoms with E-state index in [-0.39, 0.29) is 6.10 Å². The van der Waals surface area contributed by atoms with Crippen LogP contribution < -0.4 is 5.32 Å². The van der Waals surface area contributed by atoms with Gasteiger partial charge < -0.3 is 15.3 Å². The van der Waals surface area contributed by atoms with E-state index in [4.69, 9.17) is 0 Å². The Morgan fingerprint density at radius 3 is 2.76 bits per heavy atom. The molecule has 2 saturated heterocycles. The Morgan fingerprint density at radius 1 is 1.35 bits per heavy atom. The van der Waals surface area contributed by atoms with Gasteiger partial charge in [-0.2, -0.15) is 0 Å². The molecule has 2 aliphatic heterocycles. The summed E-state index contributed by atoms with van der Waals surface area (Å²) in [5, 5.41) is 13.4. The first-order valence-electron chi connectivity index (χ1n) is 6.91. The van der Waals surface area contributed by atoms with Gasteiger partial charge in [-0.25, -0.2) is 0 Å². The monoisotopic (exact) mass is 241 g/mol. The highest BCUT2D eigenvalue weighted by Crippen LogP contribution is 2.27. The van der Waals surface area contributed by atoms with Crippen LogP contribution in [0.3, 0.4) is 0 Å². The Hall–Kier alpha value is -0.160. The summed E-state index contributed by atoms with van der Waals surface area (Å²) in [6.45, 7) is 6.43. The number of aliphatic hydroxyl groups excluding tert-OH is 1. The Kier molecular flexibility index (Phi) is 4.42. The van der Waals surface area contributed by atoms with E-state index in [0.717, 1.165) is 38.5 Å². The molecule has 2 aliphatic rings. The second-order valence-electron chi connectivity index (χ2n) is 5.90. The van der Waals surface area contributed by atoms with Gasteiger partial charge in [0.2, 0.25) is 0 Å². The van der Waals surface area contributed by atoms with Gasteiger partial charge in [-0.3, -0.25) is 4.90 Å². The van der Waals surface area contributed by atoms with Crippen LogP contribution in [-0.2, 0) is 0 Å². The number of likely N-dealkylation sites (tertiary alicyclic amines) is 1. The minimum Gasteiger partial charge on any atom is -0.392 e. The summed E-state index contributed by atoms with van der Waals surface area (Å²) >= 11 is 0. The standard InChI is InChI=1S/C13H27N3O/c1-4-10-6-14-7-13(10)16-9-12(17)5-11(16)8-15(2)3/h10-14,17H,4-9H2,1-3H3. The molecule has 2 heterocycles. The van der Waals surface area contributed by atoms with Crippen LogP contribution in [0.25, 0.3) is 0 Å². The summed E-state index contributed by atoms with van der Waals surface area (Å²) in [6, 6.07) is 1.15. The minimum absolute atomic E-state index is 0.127. The molecule has 4 unspecified atom stereocenters. The minimum atomic E-state index is -0.127. The third-order valence-electron chi connectivity index (χ3n) is 4.27. The summed E-state index contributed by atoms with van der Waals surface area (Å²) in [4.78, 5) is 4.79. The fraction of sp³-hybridized carbons (Fsp3) is 1.00. The van der Waals surface area contributed by atoms with E-state index in [9.17, 15) is 5.11 Å². The van der Waals surface area contributed by atoms with Crippen molar-refractivity contribution in [2.75, 3.05) is 40.3 Å². The maximum Gasteiger partial charge on any atom is 0.0682 e. The lowest BCUT2D eigenvalue weighted by atomic mass is 9.98. The third-order valence-corrected chi connectivity index (χ3v) is 4.27. The van der Waals surface area contributed by atoms with Gasteiger partial charge in [-0.1, -0.05) is 13.3 Å². The SMILES string of the molecule is CCC1CNCC1N1CC(O)CC1CN(C)C. The van der Waals surface area contributed by atoms with Crippen molar-refractivity contribution in [3.63, 3.8) is 0 Å². The number of hydrogen-bond acceptors (Lipinski definition) is 4. The summed E-state index contributed by atoms with van der Waals surface area (Å²) < 4.78 is 0. The van der Waals surface area contributed by atoms with E-state index in [2.05, 4.69) is 36.1 Å². The van der Waals surface area contributed by atoms with Crippen LogP contribution in [0.15, 0.2) is 0 Å². The molecule has 0 aromatic heterocycles. The summed E-state index contributed by atoms with van der Waals surface area (Å²) in [6.07, 6.45) is 2.04. The zero-order valence-corrected chi connectivity index (χ0v) is 11.4. The van der Waals surface area contributed by atoms with Crippen molar-refractivity contribution in [3.8, 4) is 0 Å². The first kappa shape index (κ1) is 13.3. The Morgan fingerprint density at radius 2 is 2.12 bits per heavy atom. The van der Waals surface area contributed by atoms with Gasteiger partial charge in [0, 0.05) is 31.7 Å². The lowest BCUT2D eigenvalue weighted by Gasteiger charge is -2.34. The van der Waals surface area contributed by atoms with E-state index in [1.165, 1.54) is 6.42 Å². The summed E-state index contributed by atoms with van der Waals surface area (Å²) in [7, 11) is 4.24. The lowest BCUT2D eigenvalue weighted by Crippen LogP contribution is -2.47. The Balaban J connectivity index is 2.01. The summed E-state index contributed by atoms with van der Waals surface area (Å²) in [5.41, 5.74) is 0. The zero-order chi connectivity index (χ0) is 12.4. The molecule has 4 atom stereocenters. The van der Waals surface area contributed by atoms with Gasteiger partial charge in [-0.05, 0) is 33.0 Å². The van der Waals surface area contributed by atoms with Crippen molar-refractivity contribution in [3.05, 3.63) is 0 Å². The molecular weight excluding hydrogens is 214 g/mol. The normalized spacial score (nSPS) is 39.4. The highest BCUT2D eigenvalue weighted by molar-refractivity contribution is 4.96. The molecule has 2 N–H and O–H groups in total. The first-order valence-corrected chi connectivity index (χ1v) is 6.91. The van der Waals surface area contributed by atoms with E-state index >= 15 is 0 Å². The highest BCUT2D eigenvalue weighted by Gasteiger charge is 2.40. The molecule has 4 nitrogen and oxygen atoms in total. The molecule has 0 aromatic carbocycles. The number of hydrogen-bond donors (Lipinski definition) is 2. The smallest absolute Gasteiger partial charge is 0.0682 e. The average Bonchev–Trinajstić information content (AvgIpc) is 2.83. The van der Waals surface area contributed by atoms with E-state index in [0.29, 0.717) is 12.1 Å². The van der Waals surface area contributed by atoms with Crippen LogP contribution in [0.2, 0.25) is 0 Å². The van der Waals surface area contributed by atoms with Gasteiger partial charge in [0.25, 0.3) is 0 Å². The Labute approximate surface area is 105 Å². The molecule has 0 bridgehead atoms. The molecule has 2 rings (SSSR count). The average molecular weight is 241 g/mol. The lowest BCUT2D eigenvalue weighted by molar-refractivity contribution is 0.120. The van der Waals surface area contributed by atoms with Crippen molar-refractivity contribution in [1.29, 1.82) is 0 Å². The van der Waals surface area contributed by atoms with Crippen LogP contribution in [-0.4, -0.2) is 73.4 Å². The van der Waals surface area contributed by atoms with Gasteiger partial charge >= 0.3 is 0 Å². The molecule has 0 aromatic rings. The quantitative estimate of drug-likeness (QED) is 0.726. The predicted molar refractivity (Wildman–Crippen MR) is 70.1 cm³/mol. The maximum atomic E-state index is 9.92. The van der Waals surface area contributed by atoms with Crippen molar-refractivity contribution in [2.24, 2.45) is 5.92 Å². The molecule has 0 radical (unpaired) electrons. The maximum absolute atomic E-state index is 9.92. The molecular formula is C13H27N3O. The van der Waals surface area contributed by atoms with Crippen LogP contribution in [0, 0.1) is 5.92 Å². The van der Waals surface area contributed by atoms with Gasteiger partial charge in [0.1, 0.15) is 0 Å². The number of β-amino-alcohol motifs (C(OH)–C–C–N with tert-alkyl or cyclic N) is 1. The van der Waals surface area contributed by atoms with Crippen molar-refractivity contribution >= 4 is 0 Å². The third kappa shape index (κ3) is 2.99. The van der Waals surface area contributed by atoms with Gasteiger partial charge in [0.15, 0.2) is 0 Å². The molecule has 0 aliphatic carbocycles. The summed E-state index contributed by atoms with van der Waals surface area (Å²) in [5.74, 6) is 0.755.